The molecule has 0 saturated carbocycles. The van der Waals surface area contributed by atoms with Crippen molar-refractivity contribution >= 4 is 68.4 Å². The molecule has 1 heterocycles. The topological polar surface area (TPSA) is 41.5 Å². The summed E-state index contributed by atoms with van der Waals surface area (Å²) in [6.45, 7) is 0. The van der Waals surface area contributed by atoms with E-state index >= 15 is 0 Å². The van der Waals surface area contributed by atoms with Gasteiger partial charge in [-0.05, 0) is 29.8 Å². The number of thioether (sulfide) groups is 2. The van der Waals surface area contributed by atoms with E-state index in [-0.39, 0.29) is 5.91 Å². The van der Waals surface area contributed by atoms with Crippen molar-refractivity contribution in [2.45, 2.75) is 5.75 Å². The van der Waals surface area contributed by atoms with Crippen LogP contribution in [0.1, 0.15) is 5.56 Å². The van der Waals surface area contributed by atoms with Crippen LogP contribution in [0.3, 0.4) is 0 Å². The van der Waals surface area contributed by atoms with E-state index in [2.05, 4.69) is 16.4 Å². The summed E-state index contributed by atoms with van der Waals surface area (Å²) in [6, 6.07) is 13.1. The minimum absolute atomic E-state index is 0.101. The van der Waals surface area contributed by atoms with Crippen LogP contribution in [0.5, 0.6) is 0 Å². The fourth-order valence-electron chi connectivity index (χ4n) is 1.98. The van der Waals surface area contributed by atoms with Gasteiger partial charge >= 0.3 is 0 Å². The Kier molecular flexibility index (Phi) is 5.54. The zero-order valence-corrected chi connectivity index (χ0v) is 15.0. The molecule has 0 aromatic heterocycles. The van der Waals surface area contributed by atoms with Gasteiger partial charge in [-0.2, -0.15) is 0 Å². The molecule has 0 radical (unpaired) electrons. The molecule has 2 aromatic carbocycles. The van der Waals surface area contributed by atoms with E-state index in [0.29, 0.717) is 21.5 Å². The zero-order chi connectivity index (χ0) is 16.2. The predicted octanol–water partition coefficient (Wildman–Crippen LogP) is 5.60. The number of carbonyl (C=O) groups is 1. The van der Waals surface area contributed by atoms with Crippen LogP contribution in [0.25, 0.3) is 0 Å². The number of hydrogen-bond donors (Lipinski definition) is 1. The highest BCUT2D eigenvalue weighted by Crippen LogP contribution is 2.34. The molecule has 23 heavy (non-hydrogen) atoms. The van der Waals surface area contributed by atoms with E-state index in [1.165, 1.54) is 17.3 Å². The summed E-state index contributed by atoms with van der Waals surface area (Å²) in [5.74, 6) is 1.08. The Morgan fingerprint density at radius 2 is 2.04 bits per heavy atom. The van der Waals surface area contributed by atoms with E-state index in [1.807, 2.05) is 18.2 Å². The second-order valence-electron chi connectivity index (χ2n) is 4.76. The molecule has 118 valence electrons. The van der Waals surface area contributed by atoms with Gasteiger partial charge in [-0.15, -0.1) is 0 Å². The number of para-hydroxylation sites is 1. The van der Waals surface area contributed by atoms with E-state index < -0.39 is 0 Å². The molecular formula is C16H12Cl2N2OS2. The van der Waals surface area contributed by atoms with Gasteiger partial charge in [0.05, 0.1) is 21.5 Å². The lowest BCUT2D eigenvalue weighted by molar-refractivity contribution is -0.113. The van der Waals surface area contributed by atoms with Gasteiger partial charge in [-0.1, -0.05) is 64.9 Å². The summed E-state index contributed by atoms with van der Waals surface area (Å²) in [6.07, 6.45) is 0. The number of rotatable bonds is 3. The summed E-state index contributed by atoms with van der Waals surface area (Å²) >= 11 is 14.9. The largest absolute Gasteiger partial charge is 0.325 e. The number of aliphatic imine (C=N–C) groups is 1. The van der Waals surface area contributed by atoms with E-state index in [4.69, 9.17) is 23.2 Å². The number of amides is 1. The minimum atomic E-state index is -0.101. The first-order chi connectivity index (χ1) is 11.1. The molecule has 7 heteroatoms. The fourth-order valence-corrected chi connectivity index (χ4v) is 4.14. The highest BCUT2D eigenvalue weighted by Gasteiger charge is 2.14. The van der Waals surface area contributed by atoms with E-state index in [0.717, 1.165) is 15.8 Å². The molecule has 1 N–H and O–H groups in total. The molecule has 3 rings (SSSR count). The highest BCUT2D eigenvalue weighted by atomic mass is 35.5. The van der Waals surface area contributed by atoms with Crippen molar-refractivity contribution in [2.24, 2.45) is 4.99 Å². The summed E-state index contributed by atoms with van der Waals surface area (Å²) in [4.78, 5) is 16.6. The molecule has 1 aliphatic heterocycles. The lowest BCUT2D eigenvalue weighted by Crippen LogP contribution is -2.15. The SMILES string of the molecule is O=C(CSC1=Nc2ccccc2CS1)Nc1ccc(Cl)c(Cl)c1. The molecule has 1 aliphatic rings. The number of hydrogen-bond acceptors (Lipinski definition) is 4. The Morgan fingerprint density at radius 1 is 1.22 bits per heavy atom. The Morgan fingerprint density at radius 3 is 2.87 bits per heavy atom. The number of anilines is 1. The van der Waals surface area contributed by atoms with Crippen molar-refractivity contribution in [3.63, 3.8) is 0 Å². The van der Waals surface area contributed by atoms with Crippen LogP contribution in [0.4, 0.5) is 11.4 Å². The van der Waals surface area contributed by atoms with Crippen molar-refractivity contribution in [3.05, 3.63) is 58.1 Å². The van der Waals surface area contributed by atoms with Gasteiger partial charge in [-0.25, -0.2) is 4.99 Å². The number of carbonyl (C=O) groups excluding carboxylic acids is 1. The van der Waals surface area contributed by atoms with Gasteiger partial charge in [0.1, 0.15) is 4.38 Å². The van der Waals surface area contributed by atoms with Crippen molar-refractivity contribution in [1.82, 2.24) is 0 Å². The maximum absolute atomic E-state index is 12.0. The summed E-state index contributed by atoms with van der Waals surface area (Å²) in [7, 11) is 0. The molecule has 2 aromatic rings. The molecule has 0 unspecified atom stereocenters. The number of fused-ring (bicyclic) bond motifs is 1. The molecule has 0 fully saturated rings. The summed E-state index contributed by atoms with van der Waals surface area (Å²) < 4.78 is 0.910. The van der Waals surface area contributed by atoms with Crippen LogP contribution in [0.15, 0.2) is 47.5 Å². The molecule has 0 spiro atoms. The molecule has 0 atom stereocenters. The van der Waals surface area contributed by atoms with Crippen LogP contribution in [-0.4, -0.2) is 16.0 Å². The third kappa shape index (κ3) is 4.44. The Labute approximate surface area is 152 Å². The number of nitrogens with one attached hydrogen (secondary N) is 1. The Balaban J connectivity index is 1.57. The lowest BCUT2D eigenvalue weighted by atomic mass is 10.2. The van der Waals surface area contributed by atoms with Crippen LogP contribution >= 0.6 is 46.7 Å². The maximum Gasteiger partial charge on any atom is 0.234 e. The monoisotopic (exact) mass is 382 g/mol. The highest BCUT2D eigenvalue weighted by molar-refractivity contribution is 8.38. The third-order valence-corrected chi connectivity index (χ3v) is 6.07. The van der Waals surface area contributed by atoms with Gasteiger partial charge < -0.3 is 5.32 Å². The van der Waals surface area contributed by atoms with Crippen LogP contribution in [-0.2, 0) is 10.5 Å². The minimum Gasteiger partial charge on any atom is -0.325 e. The fraction of sp³-hybridized carbons (Fsp3) is 0.125. The van der Waals surface area contributed by atoms with Crippen LogP contribution in [0.2, 0.25) is 10.0 Å². The normalized spacial score (nSPS) is 13.2. The number of nitrogens with zero attached hydrogens (tertiary/aromatic N) is 1. The molecule has 0 bridgehead atoms. The second-order valence-corrected chi connectivity index (χ2v) is 7.76. The van der Waals surface area contributed by atoms with Crippen molar-refractivity contribution in [3.8, 4) is 0 Å². The van der Waals surface area contributed by atoms with Gasteiger partial charge in [-0.3, -0.25) is 4.79 Å². The predicted molar refractivity (Wildman–Crippen MR) is 102 cm³/mol. The van der Waals surface area contributed by atoms with E-state index in [1.54, 1.807) is 30.0 Å². The van der Waals surface area contributed by atoms with Gasteiger partial charge in [0, 0.05) is 11.4 Å². The average molecular weight is 383 g/mol. The van der Waals surface area contributed by atoms with Gasteiger partial charge in [0.15, 0.2) is 0 Å². The number of benzene rings is 2. The van der Waals surface area contributed by atoms with Crippen molar-refractivity contribution in [2.75, 3.05) is 11.1 Å². The Hall–Kier alpha value is -1.14. The summed E-state index contributed by atoms with van der Waals surface area (Å²) in [5, 5.41) is 3.68. The van der Waals surface area contributed by atoms with Crippen LogP contribution < -0.4 is 5.32 Å². The quantitative estimate of drug-likeness (QED) is 0.750. The first kappa shape index (κ1) is 16.7. The first-order valence-electron chi connectivity index (χ1n) is 6.79. The first-order valence-corrected chi connectivity index (χ1v) is 9.51. The second kappa shape index (κ2) is 7.62. The number of halogens is 2. The van der Waals surface area contributed by atoms with E-state index in [9.17, 15) is 4.79 Å². The molecule has 0 saturated heterocycles. The van der Waals surface area contributed by atoms with Gasteiger partial charge in [0.2, 0.25) is 5.91 Å². The standard InChI is InChI=1S/C16H12Cl2N2OS2/c17-12-6-5-11(7-13(12)18)19-15(21)9-23-16-20-14-4-2-1-3-10(14)8-22-16/h1-7H,8-9H2,(H,19,21). The smallest absolute Gasteiger partial charge is 0.234 e. The molecule has 3 nitrogen and oxygen atoms in total. The Bertz CT molecular complexity index is 780. The molecule has 1 amide bonds. The summed E-state index contributed by atoms with van der Waals surface area (Å²) in [5.41, 5.74) is 2.84. The zero-order valence-electron chi connectivity index (χ0n) is 11.9. The maximum atomic E-state index is 12.0. The van der Waals surface area contributed by atoms with Gasteiger partial charge in [0.25, 0.3) is 0 Å². The average Bonchev–Trinajstić information content (AvgIpc) is 2.56. The van der Waals surface area contributed by atoms with Crippen LogP contribution in [0, 0.1) is 0 Å². The lowest BCUT2D eigenvalue weighted by Gasteiger charge is -2.14. The molecular weight excluding hydrogens is 371 g/mol. The van der Waals surface area contributed by atoms with Crippen molar-refractivity contribution < 1.29 is 4.79 Å². The molecule has 0 aliphatic carbocycles. The third-order valence-electron chi connectivity index (χ3n) is 3.08. The van der Waals surface area contributed by atoms with Crippen molar-refractivity contribution in [1.29, 1.82) is 0 Å².